The van der Waals surface area contributed by atoms with Gasteiger partial charge < -0.3 is 5.32 Å². The average Bonchev–Trinajstić information content (AvgIpc) is 2.55. The van der Waals surface area contributed by atoms with E-state index in [2.05, 4.69) is 5.32 Å². The highest BCUT2D eigenvalue weighted by Gasteiger charge is 2.21. The van der Waals surface area contributed by atoms with Gasteiger partial charge in [0, 0.05) is 34.4 Å². The fourth-order valence-corrected chi connectivity index (χ4v) is 4.30. The van der Waals surface area contributed by atoms with E-state index < -0.39 is 10.0 Å². The minimum Gasteiger partial charge on any atom is -0.322 e. The van der Waals surface area contributed by atoms with Gasteiger partial charge in [-0.2, -0.15) is 4.31 Å². The molecule has 0 saturated heterocycles. The third kappa shape index (κ3) is 4.73. The van der Waals surface area contributed by atoms with Crippen molar-refractivity contribution in [3.05, 3.63) is 58.1 Å². The van der Waals surface area contributed by atoms with Crippen LogP contribution in [0, 0.1) is 0 Å². The highest BCUT2D eigenvalue weighted by molar-refractivity contribution is 7.89. The fourth-order valence-electron chi connectivity index (χ4n) is 2.31. The summed E-state index contributed by atoms with van der Waals surface area (Å²) in [5.41, 5.74) is 0.789. The summed E-state index contributed by atoms with van der Waals surface area (Å²) in [4.78, 5) is 12.4. The van der Waals surface area contributed by atoms with Crippen molar-refractivity contribution in [2.45, 2.75) is 18.7 Å². The molecule has 0 atom stereocenters. The lowest BCUT2D eigenvalue weighted by Gasteiger charge is -2.18. The van der Waals surface area contributed by atoms with Crippen LogP contribution in [-0.2, 0) is 10.0 Å². The molecule has 1 amide bonds. The molecule has 0 saturated carbocycles. The van der Waals surface area contributed by atoms with Gasteiger partial charge in [0.05, 0.1) is 4.90 Å². The zero-order valence-electron chi connectivity index (χ0n) is 13.8. The van der Waals surface area contributed by atoms with Crippen molar-refractivity contribution in [3.8, 4) is 0 Å². The first-order valence-electron chi connectivity index (χ1n) is 7.65. The zero-order valence-corrected chi connectivity index (χ0v) is 16.1. The van der Waals surface area contributed by atoms with Crippen LogP contribution in [0.15, 0.2) is 47.4 Å². The molecule has 0 radical (unpaired) electrons. The lowest BCUT2D eigenvalue weighted by molar-refractivity contribution is 0.102. The smallest absolute Gasteiger partial charge is 0.255 e. The molecule has 0 spiro atoms. The van der Waals surface area contributed by atoms with E-state index in [9.17, 15) is 13.2 Å². The van der Waals surface area contributed by atoms with Crippen molar-refractivity contribution in [2.75, 3.05) is 18.4 Å². The number of halogens is 2. The Balaban J connectivity index is 2.19. The Hall–Kier alpha value is -1.60. The Morgan fingerprint density at radius 1 is 1.00 bits per heavy atom. The lowest BCUT2D eigenvalue weighted by Crippen LogP contribution is -2.30. The summed E-state index contributed by atoms with van der Waals surface area (Å²) in [6, 6.07) is 10.6. The molecule has 2 rings (SSSR count). The van der Waals surface area contributed by atoms with Gasteiger partial charge in [0.2, 0.25) is 10.0 Å². The Labute approximate surface area is 157 Å². The molecule has 134 valence electrons. The van der Waals surface area contributed by atoms with E-state index in [1.54, 1.807) is 26.0 Å². The second-order valence-electron chi connectivity index (χ2n) is 5.23. The highest BCUT2D eigenvalue weighted by atomic mass is 35.5. The minimum atomic E-state index is -3.52. The van der Waals surface area contributed by atoms with E-state index in [1.807, 2.05) is 0 Å². The molecule has 1 N–H and O–H groups in total. The van der Waals surface area contributed by atoms with Gasteiger partial charge in [0.15, 0.2) is 0 Å². The summed E-state index contributed by atoms with van der Waals surface area (Å²) >= 11 is 11.8. The molecule has 25 heavy (non-hydrogen) atoms. The van der Waals surface area contributed by atoms with Gasteiger partial charge in [-0.1, -0.05) is 37.0 Å². The Morgan fingerprint density at radius 2 is 1.52 bits per heavy atom. The third-order valence-corrected chi connectivity index (χ3v) is 6.08. The van der Waals surface area contributed by atoms with Crippen LogP contribution in [0.2, 0.25) is 10.0 Å². The molecular formula is C17H18Cl2N2O3S. The summed E-state index contributed by atoms with van der Waals surface area (Å²) in [5, 5.41) is 3.40. The molecule has 2 aromatic rings. The highest BCUT2D eigenvalue weighted by Crippen LogP contribution is 2.21. The van der Waals surface area contributed by atoms with Crippen molar-refractivity contribution in [3.63, 3.8) is 0 Å². The molecule has 0 fully saturated rings. The Bertz CT molecular complexity index is 844. The summed E-state index contributed by atoms with van der Waals surface area (Å²) in [5.74, 6) is -0.385. The summed E-state index contributed by atoms with van der Waals surface area (Å²) in [6.45, 7) is 4.36. The number of rotatable bonds is 6. The van der Waals surface area contributed by atoms with Gasteiger partial charge in [0.25, 0.3) is 5.91 Å². The number of nitrogens with zero attached hydrogens (tertiary/aromatic N) is 1. The molecule has 8 heteroatoms. The monoisotopic (exact) mass is 400 g/mol. The summed E-state index contributed by atoms with van der Waals surface area (Å²) in [7, 11) is -3.52. The van der Waals surface area contributed by atoms with Gasteiger partial charge in [-0.3, -0.25) is 4.79 Å². The second-order valence-corrected chi connectivity index (χ2v) is 8.04. The standard InChI is InChI=1S/C17H18Cl2N2O3S/c1-3-21(4-2)25(23,24)16-7-5-15(6-8-16)20-17(22)12-9-13(18)11-14(19)10-12/h5-11H,3-4H2,1-2H3,(H,20,22). The zero-order chi connectivity index (χ0) is 18.6. The van der Waals surface area contributed by atoms with E-state index in [0.717, 1.165) is 0 Å². The van der Waals surface area contributed by atoms with E-state index in [-0.39, 0.29) is 10.8 Å². The molecule has 0 aliphatic carbocycles. The number of sulfonamides is 1. The van der Waals surface area contributed by atoms with Gasteiger partial charge in [-0.25, -0.2) is 8.42 Å². The minimum absolute atomic E-state index is 0.181. The molecule has 0 aromatic heterocycles. The van der Waals surface area contributed by atoms with Gasteiger partial charge in [-0.05, 0) is 42.5 Å². The first-order chi connectivity index (χ1) is 11.8. The predicted octanol–water partition coefficient (Wildman–Crippen LogP) is 4.28. The van der Waals surface area contributed by atoms with E-state index in [4.69, 9.17) is 23.2 Å². The molecular weight excluding hydrogens is 383 g/mol. The Morgan fingerprint density at radius 3 is 2.00 bits per heavy atom. The number of benzene rings is 2. The van der Waals surface area contributed by atoms with Crippen LogP contribution in [-0.4, -0.2) is 31.7 Å². The van der Waals surface area contributed by atoms with Crippen LogP contribution >= 0.6 is 23.2 Å². The van der Waals surface area contributed by atoms with E-state index in [0.29, 0.717) is 34.4 Å². The van der Waals surface area contributed by atoms with Gasteiger partial charge in [0.1, 0.15) is 0 Å². The maximum Gasteiger partial charge on any atom is 0.255 e. The summed E-state index contributed by atoms with van der Waals surface area (Å²) < 4.78 is 26.2. The predicted molar refractivity (Wildman–Crippen MR) is 101 cm³/mol. The molecule has 5 nitrogen and oxygen atoms in total. The van der Waals surface area contributed by atoms with Crippen molar-refractivity contribution in [1.29, 1.82) is 0 Å². The molecule has 0 heterocycles. The van der Waals surface area contributed by atoms with Crippen LogP contribution in [0.4, 0.5) is 5.69 Å². The number of carbonyl (C=O) groups is 1. The number of carbonyl (C=O) groups excluding carboxylic acids is 1. The molecule has 2 aromatic carbocycles. The molecule has 0 aliphatic rings. The maximum atomic E-state index is 12.4. The van der Waals surface area contributed by atoms with Crippen molar-refractivity contribution in [1.82, 2.24) is 4.31 Å². The van der Waals surface area contributed by atoms with E-state index >= 15 is 0 Å². The molecule has 0 bridgehead atoms. The van der Waals surface area contributed by atoms with Crippen LogP contribution in [0.5, 0.6) is 0 Å². The molecule has 0 unspecified atom stereocenters. The fraction of sp³-hybridized carbons (Fsp3) is 0.235. The van der Waals surface area contributed by atoms with Crippen LogP contribution in [0.1, 0.15) is 24.2 Å². The maximum absolute atomic E-state index is 12.4. The van der Waals surface area contributed by atoms with Gasteiger partial charge >= 0.3 is 0 Å². The lowest BCUT2D eigenvalue weighted by atomic mass is 10.2. The number of nitrogens with one attached hydrogen (secondary N) is 1. The largest absolute Gasteiger partial charge is 0.322 e. The normalized spacial score (nSPS) is 11.6. The van der Waals surface area contributed by atoms with Crippen LogP contribution < -0.4 is 5.32 Å². The third-order valence-electron chi connectivity index (χ3n) is 3.58. The number of hydrogen-bond donors (Lipinski definition) is 1. The van der Waals surface area contributed by atoms with E-state index in [1.165, 1.54) is 34.6 Å². The first-order valence-corrected chi connectivity index (χ1v) is 9.85. The SMILES string of the molecule is CCN(CC)S(=O)(=O)c1ccc(NC(=O)c2cc(Cl)cc(Cl)c2)cc1. The van der Waals surface area contributed by atoms with Crippen molar-refractivity contribution >= 4 is 44.8 Å². The Kier molecular flexibility index (Phi) is 6.46. The van der Waals surface area contributed by atoms with Crippen LogP contribution in [0.25, 0.3) is 0 Å². The quantitative estimate of drug-likeness (QED) is 0.786. The summed E-state index contributed by atoms with van der Waals surface area (Å²) in [6.07, 6.45) is 0. The molecule has 0 aliphatic heterocycles. The second kappa shape index (κ2) is 8.19. The van der Waals surface area contributed by atoms with Crippen LogP contribution in [0.3, 0.4) is 0 Å². The van der Waals surface area contributed by atoms with Crippen molar-refractivity contribution in [2.24, 2.45) is 0 Å². The first kappa shape index (κ1) is 19.7. The number of amides is 1. The topological polar surface area (TPSA) is 66.5 Å². The van der Waals surface area contributed by atoms with Gasteiger partial charge in [-0.15, -0.1) is 0 Å². The van der Waals surface area contributed by atoms with Crippen molar-refractivity contribution < 1.29 is 13.2 Å². The average molecular weight is 401 g/mol. The number of anilines is 1. The number of hydrogen-bond acceptors (Lipinski definition) is 3.